The molecule has 0 aliphatic carbocycles. The Morgan fingerprint density at radius 2 is 1.88 bits per heavy atom. The van der Waals surface area contributed by atoms with Crippen molar-refractivity contribution in [2.24, 2.45) is 0 Å². The Labute approximate surface area is 154 Å². The fraction of sp³-hybridized carbons (Fsp3) is 0.235. The first-order chi connectivity index (χ1) is 12.7. The van der Waals surface area contributed by atoms with Crippen molar-refractivity contribution < 1.29 is 9.59 Å². The summed E-state index contributed by atoms with van der Waals surface area (Å²) in [5.74, 6) is 0.241. The zero-order valence-corrected chi connectivity index (χ0v) is 14.6. The summed E-state index contributed by atoms with van der Waals surface area (Å²) in [7, 11) is 0. The van der Waals surface area contributed by atoms with Gasteiger partial charge in [-0.2, -0.15) is 0 Å². The van der Waals surface area contributed by atoms with Crippen LogP contribution in [-0.2, 0) is 4.79 Å². The average Bonchev–Trinajstić information content (AvgIpc) is 3.00. The lowest BCUT2D eigenvalue weighted by Crippen LogP contribution is -2.47. The summed E-state index contributed by atoms with van der Waals surface area (Å²) in [5, 5.41) is 1.88. The van der Waals surface area contributed by atoms with Gasteiger partial charge < -0.3 is 9.80 Å². The third-order valence-electron chi connectivity index (χ3n) is 4.16. The van der Waals surface area contributed by atoms with E-state index < -0.39 is 0 Å². The van der Waals surface area contributed by atoms with Gasteiger partial charge in [0, 0.05) is 38.6 Å². The van der Waals surface area contributed by atoms with Crippen molar-refractivity contribution in [2.45, 2.75) is 0 Å². The number of anilines is 2. The molecule has 26 heavy (non-hydrogen) atoms. The van der Waals surface area contributed by atoms with E-state index in [9.17, 15) is 9.59 Å². The fourth-order valence-electron chi connectivity index (χ4n) is 2.86. The number of nitrogens with zero attached hydrogens (tertiary/aromatic N) is 5. The topological polar surface area (TPSA) is 91.3 Å². The number of hydrogen-bond donors (Lipinski definition) is 1. The molecule has 0 spiro atoms. The predicted molar refractivity (Wildman–Crippen MR) is 99.8 cm³/mol. The summed E-state index contributed by atoms with van der Waals surface area (Å²) in [5.41, 5.74) is 1.72. The first-order valence-electron chi connectivity index (χ1n) is 8.17. The minimum Gasteiger partial charge on any atom is -0.367 e. The van der Waals surface area contributed by atoms with Crippen LogP contribution in [0.5, 0.6) is 0 Å². The van der Waals surface area contributed by atoms with Crippen LogP contribution in [0.4, 0.5) is 16.4 Å². The van der Waals surface area contributed by atoms with E-state index in [1.54, 1.807) is 24.5 Å². The highest BCUT2D eigenvalue weighted by Gasteiger charge is 2.25. The molecule has 2 aliphatic rings. The van der Waals surface area contributed by atoms with Crippen molar-refractivity contribution in [3.8, 4) is 0 Å². The highest BCUT2D eigenvalue weighted by molar-refractivity contribution is 8.18. The zero-order chi connectivity index (χ0) is 17.9. The minimum absolute atomic E-state index is 0.348. The highest BCUT2D eigenvalue weighted by atomic mass is 32.2. The molecule has 0 saturated carbocycles. The van der Waals surface area contributed by atoms with E-state index in [2.05, 4.69) is 36.1 Å². The number of piperazine rings is 1. The van der Waals surface area contributed by atoms with Crippen molar-refractivity contribution in [3.05, 3.63) is 47.4 Å². The molecule has 2 saturated heterocycles. The molecule has 0 atom stereocenters. The summed E-state index contributed by atoms with van der Waals surface area (Å²) in [6.45, 7) is 3.30. The summed E-state index contributed by atoms with van der Waals surface area (Å²) in [4.78, 5) is 40.7. The molecule has 2 aromatic rings. The molecule has 4 heterocycles. The molecule has 2 aromatic heterocycles. The molecule has 0 bridgehead atoms. The quantitative estimate of drug-likeness (QED) is 0.816. The number of carbonyl (C=O) groups is 2. The van der Waals surface area contributed by atoms with E-state index in [-0.39, 0.29) is 11.1 Å². The van der Waals surface area contributed by atoms with E-state index >= 15 is 0 Å². The van der Waals surface area contributed by atoms with Gasteiger partial charge in [0.15, 0.2) is 0 Å². The number of pyridine rings is 1. The standard InChI is InChI=1S/C17H16N6O2S/c24-15-14(26-17(25)21-15)10-12-3-5-19-16(20-12)23-8-6-22(7-9-23)13-2-1-4-18-11-13/h1-5,10-11H,6-9H2,(H,21,24,25)/b14-10-. The number of rotatable bonds is 3. The molecule has 2 fully saturated rings. The second kappa shape index (κ2) is 7.12. The Bertz CT molecular complexity index is 865. The SMILES string of the molecule is O=C1NC(=O)/C(=C/c2ccnc(N3CCN(c4cccnc4)CC3)n2)S1. The number of hydrogen-bond acceptors (Lipinski definition) is 8. The lowest BCUT2D eigenvalue weighted by Gasteiger charge is -2.35. The van der Waals surface area contributed by atoms with Gasteiger partial charge >= 0.3 is 0 Å². The van der Waals surface area contributed by atoms with Crippen molar-refractivity contribution in [3.63, 3.8) is 0 Å². The lowest BCUT2D eigenvalue weighted by molar-refractivity contribution is -0.115. The predicted octanol–water partition coefficient (Wildman–Crippen LogP) is 1.52. The number of aromatic nitrogens is 3. The molecular weight excluding hydrogens is 352 g/mol. The molecular formula is C17H16N6O2S. The van der Waals surface area contributed by atoms with Crippen LogP contribution in [0.2, 0.25) is 0 Å². The maximum Gasteiger partial charge on any atom is 0.290 e. The van der Waals surface area contributed by atoms with Crippen LogP contribution in [0.1, 0.15) is 5.69 Å². The number of carbonyl (C=O) groups excluding carboxylic acids is 2. The average molecular weight is 368 g/mol. The third kappa shape index (κ3) is 3.52. The van der Waals surface area contributed by atoms with Crippen LogP contribution in [0.15, 0.2) is 41.7 Å². The minimum atomic E-state index is -0.384. The summed E-state index contributed by atoms with van der Waals surface area (Å²) in [6.07, 6.45) is 6.91. The Hall–Kier alpha value is -2.94. The first kappa shape index (κ1) is 16.5. The third-order valence-corrected chi connectivity index (χ3v) is 4.97. The summed E-state index contributed by atoms with van der Waals surface area (Å²) >= 11 is 0.883. The number of imide groups is 1. The summed E-state index contributed by atoms with van der Waals surface area (Å²) < 4.78 is 0. The molecule has 8 nitrogen and oxygen atoms in total. The van der Waals surface area contributed by atoms with Crippen molar-refractivity contribution in [1.29, 1.82) is 0 Å². The maximum atomic E-state index is 11.7. The molecule has 2 amide bonds. The maximum absolute atomic E-state index is 11.7. The van der Waals surface area contributed by atoms with E-state index in [0.717, 1.165) is 43.6 Å². The van der Waals surface area contributed by atoms with Gasteiger partial charge in [0.05, 0.1) is 22.5 Å². The monoisotopic (exact) mass is 368 g/mol. The fourth-order valence-corrected chi connectivity index (χ4v) is 3.52. The van der Waals surface area contributed by atoms with Gasteiger partial charge in [-0.15, -0.1) is 0 Å². The van der Waals surface area contributed by atoms with Gasteiger partial charge in [0.1, 0.15) is 0 Å². The largest absolute Gasteiger partial charge is 0.367 e. The molecule has 0 aromatic carbocycles. The molecule has 9 heteroatoms. The Kier molecular flexibility index (Phi) is 4.53. The second-order valence-electron chi connectivity index (χ2n) is 5.82. The van der Waals surface area contributed by atoms with Crippen molar-refractivity contribution >= 4 is 40.6 Å². The van der Waals surface area contributed by atoms with Gasteiger partial charge in [-0.05, 0) is 36.0 Å². The van der Waals surface area contributed by atoms with Crippen LogP contribution in [0.25, 0.3) is 6.08 Å². The van der Waals surface area contributed by atoms with Crippen molar-refractivity contribution in [2.75, 3.05) is 36.0 Å². The smallest absolute Gasteiger partial charge is 0.290 e. The normalized spacial score (nSPS) is 19.2. The molecule has 2 aliphatic heterocycles. The lowest BCUT2D eigenvalue weighted by atomic mass is 10.3. The molecule has 0 unspecified atom stereocenters. The molecule has 4 rings (SSSR count). The van der Waals surface area contributed by atoms with Gasteiger partial charge in [-0.1, -0.05) is 0 Å². The van der Waals surface area contributed by atoms with Crippen LogP contribution in [0.3, 0.4) is 0 Å². The van der Waals surface area contributed by atoms with Crippen molar-refractivity contribution in [1.82, 2.24) is 20.3 Å². The van der Waals surface area contributed by atoms with Crippen LogP contribution < -0.4 is 15.1 Å². The van der Waals surface area contributed by atoms with Crippen LogP contribution in [0, 0.1) is 0 Å². The van der Waals surface area contributed by atoms with E-state index in [0.29, 0.717) is 16.5 Å². The first-order valence-corrected chi connectivity index (χ1v) is 8.98. The van der Waals surface area contributed by atoms with Gasteiger partial charge in [0.25, 0.3) is 11.1 Å². The Balaban J connectivity index is 1.45. The number of nitrogens with one attached hydrogen (secondary N) is 1. The van der Waals surface area contributed by atoms with E-state index in [1.807, 2.05) is 12.3 Å². The molecule has 0 radical (unpaired) electrons. The summed E-state index contributed by atoms with van der Waals surface area (Å²) in [6, 6.07) is 5.71. The highest BCUT2D eigenvalue weighted by Crippen LogP contribution is 2.25. The molecule has 1 N–H and O–H groups in total. The second-order valence-corrected chi connectivity index (χ2v) is 6.83. The van der Waals surface area contributed by atoms with Gasteiger partial charge in [-0.3, -0.25) is 19.9 Å². The molecule has 132 valence electrons. The number of amides is 2. The van der Waals surface area contributed by atoms with E-state index in [4.69, 9.17) is 0 Å². The van der Waals surface area contributed by atoms with Gasteiger partial charge in [-0.25, -0.2) is 9.97 Å². The van der Waals surface area contributed by atoms with Crippen LogP contribution in [-0.4, -0.2) is 52.3 Å². The van der Waals surface area contributed by atoms with E-state index in [1.165, 1.54) is 0 Å². The number of thioether (sulfide) groups is 1. The van der Waals surface area contributed by atoms with Crippen LogP contribution >= 0.6 is 11.8 Å². The Morgan fingerprint density at radius 3 is 2.58 bits per heavy atom. The Morgan fingerprint density at radius 1 is 1.08 bits per heavy atom. The van der Waals surface area contributed by atoms with Gasteiger partial charge in [0.2, 0.25) is 5.95 Å². The zero-order valence-electron chi connectivity index (χ0n) is 13.8.